The van der Waals surface area contributed by atoms with Crippen LogP contribution in [-0.2, 0) is 11.3 Å². The summed E-state index contributed by atoms with van der Waals surface area (Å²) in [5.41, 5.74) is 0.357. The molecule has 0 radical (unpaired) electrons. The first-order valence-electron chi connectivity index (χ1n) is 3.87. The molecule has 1 atom stereocenters. The van der Waals surface area contributed by atoms with E-state index in [1.807, 2.05) is 0 Å². The van der Waals surface area contributed by atoms with E-state index in [1.54, 1.807) is 4.31 Å². The van der Waals surface area contributed by atoms with Gasteiger partial charge < -0.3 is 0 Å². The van der Waals surface area contributed by atoms with Gasteiger partial charge in [-0.1, -0.05) is 13.8 Å². The van der Waals surface area contributed by atoms with Crippen molar-refractivity contribution in [2.24, 2.45) is 5.41 Å². The lowest BCUT2D eigenvalue weighted by Crippen LogP contribution is -2.38. The summed E-state index contributed by atoms with van der Waals surface area (Å²) in [5.74, 6) is 0. The highest BCUT2D eigenvalue weighted by Gasteiger charge is 2.27. The molecule has 0 aromatic carbocycles. The number of nitrogens with zero attached hydrogens (tertiary/aromatic N) is 1. The van der Waals surface area contributed by atoms with E-state index in [0.717, 1.165) is 25.9 Å². The van der Waals surface area contributed by atoms with Gasteiger partial charge in [0.05, 0.1) is 0 Å². The zero-order valence-electron chi connectivity index (χ0n) is 7.04. The molecule has 1 aliphatic rings. The highest BCUT2D eigenvalue weighted by Crippen LogP contribution is 2.29. The summed E-state index contributed by atoms with van der Waals surface area (Å²) in [7, 11) is 0. The van der Waals surface area contributed by atoms with Crippen molar-refractivity contribution < 1.29 is 8.76 Å². The standard InChI is InChI=1S/C7H15NO2S/c1-7(2)3-5-8(6-4-7)11(9)10/h3-6H2,1-2H3,(H,9,10). The lowest BCUT2D eigenvalue weighted by atomic mass is 9.83. The summed E-state index contributed by atoms with van der Waals surface area (Å²) in [6.07, 6.45) is 2.03. The Labute approximate surface area is 70.2 Å². The molecule has 0 bridgehead atoms. The summed E-state index contributed by atoms with van der Waals surface area (Å²) >= 11 is -1.75. The Bertz CT molecular complexity index is 160. The Balaban J connectivity index is 2.42. The van der Waals surface area contributed by atoms with Gasteiger partial charge >= 0.3 is 0 Å². The lowest BCUT2D eigenvalue weighted by molar-refractivity contribution is 0.194. The molecule has 1 unspecified atom stereocenters. The minimum atomic E-state index is -1.75. The van der Waals surface area contributed by atoms with Crippen molar-refractivity contribution in [2.45, 2.75) is 26.7 Å². The Morgan fingerprint density at radius 1 is 1.36 bits per heavy atom. The van der Waals surface area contributed by atoms with Crippen molar-refractivity contribution in [3.05, 3.63) is 0 Å². The zero-order valence-corrected chi connectivity index (χ0v) is 7.86. The second kappa shape index (κ2) is 3.21. The fraction of sp³-hybridized carbons (Fsp3) is 1.00. The SMILES string of the molecule is CC1(C)CCN(S(=O)O)CC1. The molecule has 11 heavy (non-hydrogen) atoms. The minimum Gasteiger partial charge on any atom is -0.294 e. The molecule has 1 N–H and O–H groups in total. The molecule has 0 aromatic heterocycles. The van der Waals surface area contributed by atoms with Gasteiger partial charge in [0.15, 0.2) is 0 Å². The van der Waals surface area contributed by atoms with Crippen LogP contribution < -0.4 is 0 Å². The van der Waals surface area contributed by atoms with Crippen LogP contribution in [-0.4, -0.2) is 26.2 Å². The molecule has 0 saturated carbocycles. The van der Waals surface area contributed by atoms with Crippen molar-refractivity contribution >= 4 is 11.3 Å². The van der Waals surface area contributed by atoms with E-state index in [-0.39, 0.29) is 0 Å². The predicted molar refractivity (Wildman–Crippen MR) is 45.4 cm³/mol. The number of hydrogen-bond acceptors (Lipinski definition) is 1. The van der Waals surface area contributed by atoms with Crippen LogP contribution in [0.25, 0.3) is 0 Å². The maximum atomic E-state index is 10.6. The van der Waals surface area contributed by atoms with E-state index < -0.39 is 11.3 Å². The molecule has 0 aliphatic carbocycles. The summed E-state index contributed by atoms with van der Waals surface area (Å²) < 4.78 is 21.0. The summed E-state index contributed by atoms with van der Waals surface area (Å²) in [5, 5.41) is 0. The predicted octanol–water partition coefficient (Wildman–Crippen LogP) is 1.25. The first-order valence-corrected chi connectivity index (χ1v) is 4.94. The largest absolute Gasteiger partial charge is 0.294 e. The van der Waals surface area contributed by atoms with Crippen LogP contribution in [0.5, 0.6) is 0 Å². The van der Waals surface area contributed by atoms with Gasteiger partial charge in [0.25, 0.3) is 0 Å². The van der Waals surface area contributed by atoms with E-state index in [0.29, 0.717) is 5.41 Å². The normalized spacial score (nSPS) is 28.3. The molecule has 3 nitrogen and oxygen atoms in total. The molecule has 1 fully saturated rings. The highest BCUT2D eigenvalue weighted by molar-refractivity contribution is 7.76. The summed E-state index contributed by atoms with van der Waals surface area (Å²) in [4.78, 5) is 0. The van der Waals surface area contributed by atoms with Gasteiger partial charge in [0.2, 0.25) is 11.3 Å². The smallest absolute Gasteiger partial charge is 0.234 e. The quantitative estimate of drug-likeness (QED) is 0.612. The molecule has 1 saturated heterocycles. The van der Waals surface area contributed by atoms with Crippen LogP contribution >= 0.6 is 0 Å². The van der Waals surface area contributed by atoms with Crippen molar-refractivity contribution in [3.8, 4) is 0 Å². The minimum absolute atomic E-state index is 0.357. The maximum Gasteiger partial charge on any atom is 0.234 e. The van der Waals surface area contributed by atoms with Crippen LogP contribution in [0.15, 0.2) is 0 Å². The molecular formula is C7H15NO2S. The number of piperidine rings is 1. The summed E-state index contributed by atoms with van der Waals surface area (Å²) in [6, 6.07) is 0. The van der Waals surface area contributed by atoms with Crippen LogP contribution in [0.3, 0.4) is 0 Å². The molecule has 0 aromatic rings. The van der Waals surface area contributed by atoms with E-state index >= 15 is 0 Å². The first kappa shape index (κ1) is 9.16. The van der Waals surface area contributed by atoms with E-state index in [2.05, 4.69) is 13.8 Å². The molecule has 1 rings (SSSR count). The Kier molecular flexibility index (Phi) is 2.67. The van der Waals surface area contributed by atoms with Gasteiger partial charge in [-0.15, -0.1) is 0 Å². The van der Waals surface area contributed by atoms with Gasteiger partial charge in [-0.2, -0.15) is 0 Å². The zero-order chi connectivity index (χ0) is 8.48. The average Bonchev–Trinajstić information content (AvgIpc) is 1.86. The van der Waals surface area contributed by atoms with E-state index in [9.17, 15) is 4.21 Å². The molecular weight excluding hydrogens is 162 g/mol. The van der Waals surface area contributed by atoms with Crippen molar-refractivity contribution in [2.75, 3.05) is 13.1 Å². The molecule has 0 amide bonds. The lowest BCUT2D eigenvalue weighted by Gasteiger charge is -2.34. The van der Waals surface area contributed by atoms with Crippen LogP contribution in [0.4, 0.5) is 0 Å². The van der Waals surface area contributed by atoms with Gasteiger partial charge in [-0.25, -0.2) is 8.51 Å². The monoisotopic (exact) mass is 177 g/mol. The van der Waals surface area contributed by atoms with Gasteiger partial charge in [0.1, 0.15) is 0 Å². The van der Waals surface area contributed by atoms with Crippen molar-refractivity contribution in [1.29, 1.82) is 0 Å². The molecule has 1 aliphatic heterocycles. The highest BCUT2D eigenvalue weighted by atomic mass is 32.2. The van der Waals surface area contributed by atoms with Gasteiger partial charge in [-0.05, 0) is 18.3 Å². The number of rotatable bonds is 1. The fourth-order valence-corrected chi connectivity index (χ4v) is 1.74. The third-order valence-electron chi connectivity index (χ3n) is 2.30. The molecule has 66 valence electrons. The number of hydrogen-bond donors (Lipinski definition) is 1. The van der Waals surface area contributed by atoms with Crippen LogP contribution in [0.1, 0.15) is 26.7 Å². The Morgan fingerprint density at radius 2 is 1.82 bits per heavy atom. The third kappa shape index (κ3) is 2.54. The van der Waals surface area contributed by atoms with Gasteiger partial charge in [-0.3, -0.25) is 4.55 Å². The topological polar surface area (TPSA) is 40.5 Å². The van der Waals surface area contributed by atoms with Crippen molar-refractivity contribution in [1.82, 2.24) is 4.31 Å². The third-order valence-corrected chi connectivity index (χ3v) is 3.10. The fourth-order valence-electron chi connectivity index (χ4n) is 1.25. The Hall–Kier alpha value is 0.0700. The first-order chi connectivity index (χ1) is 5.01. The maximum absolute atomic E-state index is 10.6. The second-order valence-corrected chi connectivity index (χ2v) is 4.80. The average molecular weight is 177 g/mol. The van der Waals surface area contributed by atoms with Crippen LogP contribution in [0, 0.1) is 5.41 Å². The molecule has 4 heteroatoms. The second-order valence-electron chi connectivity index (χ2n) is 3.82. The van der Waals surface area contributed by atoms with Crippen molar-refractivity contribution in [3.63, 3.8) is 0 Å². The van der Waals surface area contributed by atoms with Crippen LogP contribution in [0.2, 0.25) is 0 Å². The molecule has 1 heterocycles. The van der Waals surface area contributed by atoms with E-state index in [1.165, 1.54) is 0 Å². The summed E-state index contributed by atoms with van der Waals surface area (Å²) in [6.45, 7) is 5.89. The molecule has 0 spiro atoms. The van der Waals surface area contributed by atoms with E-state index in [4.69, 9.17) is 4.55 Å². The Morgan fingerprint density at radius 3 is 2.18 bits per heavy atom. The van der Waals surface area contributed by atoms with Gasteiger partial charge in [0, 0.05) is 13.1 Å².